The highest BCUT2D eigenvalue weighted by Crippen LogP contribution is 2.32. The zero-order valence-corrected chi connectivity index (χ0v) is 13.4. The maximum atomic E-state index is 13.5. The third-order valence-corrected chi connectivity index (χ3v) is 3.12. The van der Waals surface area contributed by atoms with E-state index in [-0.39, 0.29) is 5.69 Å². The average Bonchev–Trinajstić information content (AvgIpc) is 2.51. The van der Waals surface area contributed by atoms with Crippen molar-refractivity contribution in [3.63, 3.8) is 0 Å². The van der Waals surface area contributed by atoms with E-state index in [1.165, 1.54) is 13.8 Å². The van der Waals surface area contributed by atoms with Gasteiger partial charge in [-0.3, -0.25) is 4.79 Å². The predicted molar refractivity (Wildman–Crippen MR) is 81.2 cm³/mol. The highest BCUT2D eigenvalue weighted by molar-refractivity contribution is 6.00. The van der Waals surface area contributed by atoms with E-state index in [1.54, 1.807) is 0 Å². The van der Waals surface area contributed by atoms with Gasteiger partial charge in [-0.25, -0.2) is 4.39 Å². The molecule has 0 bridgehead atoms. The third-order valence-electron chi connectivity index (χ3n) is 3.12. The lowest BCUT2D eigenvalue weighted by Crippen LogP contribution is -2.42. The van der Waals surface area contributed by atoms with Gasteiger partial charge in [0.2, 0.25) is 0 Å². The number of terminal acetylenes is 1. The van der Waals surface area contributed by atoms with E-state index < -0.39 is 47.9 Å². The number of amides is 1. The second-order valence-corrected chi connectivity index (χ2v) is 5.79. The molecule has 25 heavy (non-hydrogen) atoms. The molecule has 0 atom stereocenters. The van der Waals surface area contributed by atoms with E-state index in [9.17, 15) is 31.1 Å². The summed E-state index contributed by atoms with van der Waals surface area (Å²) < 4.78 is 76.6. The number of carbonyl (C=O) groups excluding carboxylic acids is 1. The zero-order valence-electron chi connectivity index (χ0n) is 13.4. The van der Waals surface area contributed by atoms with Crippen LogP contribution < -0.4 is 10.6 Å². The molecule has 0 aromatic heterocycles. The summed E-state index contributed by atoms with van der Waals surface area (Å²) in [6.45, 7) is -0.620. The topological polar surface area (TPSA) is 41.1 Å². The number of rotatable bonds is 6. The molecule has 0 saturated heterocycles. The lowest BCUT2D eigenvalue weighted by Gasteiger charge is -2.22. The number of hydrogen-bond donors (Lipinski definition) is 2. The fourth-order valence-corrected chi connectivity index (χ4v) is 1.77. The van der Waals surface area contributed by atoms with Gasteiger partial charge in [0.25, 0.3) is 5.91 Å². The van der Waals surface area contributed by atoms with Crippen molar-refractivity contribution >= 4 is 11.6 Å². The standard InChI is InChI=1S/C16H16F6N2O/c1-4-14(2,3)24-13(25)11-7-10(15(18,19)8-17)5-6-12(11)23-9-16(20,21)22/h1,5-7,23H,8-9H2,2-3H3,(H,24,25). The Bertz CT molecular complexity index is 676. The molecule has 0 aliphatic rings. The smallest absolute Gasteiger partial charge is 0.376 e. The van der Waals surface area contributed by atoms with Crippen molar-refractivity contribution in [3.05, 3.63) is 29.3 Å². The van der Waals surface area contributed by atoms with E-state index >= 15 is 0 Å². The second-order valence-electron chi connectivity index (χ2n) is 5.79. The van der Waals surface area contributed by atoms with Crippen LogP contribution in [0.1, 0.15) is 29.8 Å². The Morgan fingerprint density at radius 1 is 1.20 bits per heavy atom. The van der Waals surface area contributed by atoms with Crippen LogP contribution in [0.15, 0.2) is 18.2 Å². The van der Waals surface area contributed by atoms with Crippen LogP contribution in [0.3, 0.4) is 0 Å². The summed E-state index contributed by atoms with van der Waals surface area (Å²) in [6.07, 6.45) is 0.619. The van der Waals surface area contributed by atoms with E-state index in [0.717, 1.165) is 12.1 Å². The quantitative estimate of drug-likeness (QED) is 0.593. The van der Waals surface area contributed by atoms with Crippen molar-refractivity contribution in [2.45, 2.75) is 31.5 Å². The summed E-state index contributed by atoms with van der Waals surface area (Å²) in [5.74, 6) is -2.61. The highest BCUT2D eigenvalue weighted by Gasteiger charge is 2.34. The lowest BCUT2D eigenvalue weighted by atomic mass is 10.0. The molecule has 0 heterocycles. The second kappa shape index (κ2) is 7.25. The molecule has 0 radical (unpaired) electrons. The number of carbonyl (C=O) groups is 1. The SMILES string of the molecule is C#CC(C)(C)NC(=O)c1cc(C(F)(F)CF)ccc1NCC(F)(F)F. The molecule has 0 aliphatic carbocycles. The van der Waals surface area contributed by atoms with Crippen LogP contribution in [0.5, 0.6) is 0 Å². The van der Waals surface area contributed by atoms with Gasteiger partial charge in [0.1, 0.15) is 6.54 Å². The van der Waals surface area contributed by atoms with Crippen molar-refractivity contribution in [1.29, 1.82) is 0 Å². The number of nitrogens with one attached hydrogen (secondary N) is 2. The maximum absolute atomic E-state index is 13.5. The van der Waals surface area contributed by atoms with Crippen LogP contribution in [0.25, 0.3) is 0 Å². The molecule has 2 N–H and O–H groups in total. The van der Waals surface area contributed by atoms with E-state index in [2.05, 4.69) is 11.2 Å². The Labute approximate surface area is 140 Å². The Morgan fingerprint density at radius 3 is 2.28 bits per heavy atom. The largest absolute Gasteiger partial charge is 0.405 e. The first-order valence-electron chi connectivity index (χ1n) is 7.00. The van der Waals surface area contributed by atoms with Gasteiger partial charge in [-0.2, -0.15) is 22.0 Å². The third kappa shape index (κ3) is 5.89. The van der Waals surface area contributed by atoms with E-state index in [4.69, 9.17) is 6.42 Å². The molecule has 0 spiro atoms. The fourth-order valence-electron chi connectivity index (χ4n) is 1.77. The van der Waals surface area contributed by atoms with Crippen LogP contribution >= 0.6 is 0 Å². The monoisotopic (exact) mass is 366 g/mol. The first-order chi connectivity index (χ1) is 11.3. The number of alkyl halides is 6. The van der Waals surface area contributed by atoms with Gasteiger partial charge in [0.05, 0.1) is 11.1 Å². The van der Waals surface area contributed by atoms with E-state index in [1.807, 2.05) is 5.32 Å². The van der Waals surface area contributed by atoms with Gasteiger partial charge in [-0.1, -0.05) is 12.0 Å². The summed E-state index contributed by atoms with van der Waals surface area (Å²) in [5, 5.41) is 4.28. The van der Waals surface area contributed by atoms with Crippen molar-refractivity contribution in [2.75, 3.05) is 18.5 Å². The van der Waals surface area contributed by atoms with Gasteiger partial charge in [-0.05, 0) is 26.0 Å². The molecule has 0 saturated carbocycles. The summed E-state index contributed by atoms with van der Waals surface area (Å²) >= 11 is 0. The highest BCUT2D eigenvalue weighted by atomic mass is 19.4. The molecule has 1 rings (SSSR count). The normalized spacial score (nSPS) is 12.4. The molecule has 3 nitrogen and oxygen atoms in total. The van der Waals surface area contributed by atoms with Crippen molar-refractivity contribution < 1.29 is 31.1 Å². The molecule has 9 heteroatoms. The molecular weight excluding hydrogens is 350 g/mol. The number of hydrogen-bond acceptors (Lipinski definition) is 2. The maximum Gasteiger partial charge on any atom is 0.405 e. The van der Waals surface area contributed by atoms with Crippen LogP contribution in [-0.4, -0.2) is 30.8 Å². The zero-order chi connectivity index (χ0) is 19.5. The minimum atomic E-state index is -4.59. The number of halogens is 6. The van der Waals surface area contributed by atoms with Crippen LogP contribution in [0, 0.1) is 12.3 Å². The van der Waals surface area contributed by atoms with Gasteiger partial charge in [0, 0.05) is 11.3 Å². The molecule has 0 unspecified atom stereocenters. The predicted octanol–water partition coefficient (Wildman–Crippen LogP) is 3.86. The molecule has 138 valence electrons. The molecule has 1 amide bonds. The van der Waals surface area contributed by atoms with Gasteiger partial charge < -0.3 is 10.6 Å². The van der Waals surface area contributed by atoms with Crippen LogP contribution in [-0.2, 0) is 5.92 Å². The molecule has 0 aliphatic heterocycles. The van der Waals surface area contributed by atoms with Crippen molar-refractivity contribution in [3.8, 4) is 12.3 Å². The fraction of sp³-hybridized carbons (Fsp3) is 0.438. The Kier molecular flexibility index (Phi) is 6.00. The first-order valence-corrected chi connectivity index (χ1v) is 7.00. The van der Waals surface area contributed by atoms with E-state index in [0.29, 0.717) is 6.07 Å². The first kappa shape index (κ1) is 20.7. The number of anilines is 1. The molecule has 0 fully saturated rings. The minimum absolute atomic E-state index is 0.332. The summed E-state index contributed by atoms with van der Waals surface area (Å²) in [4.78, 5) is 12.3. The lowest BCUT2D eigenvalue weighted by molar-refractivity contribution is -0.115. The summed E-state index contributed by atoms with van der Waals surface area (Å²) in [6, 6.07) is 2.25. The molecule has 1 aromatic carbocycles. The van der Waals surface area contributed by atoms with Crippen LogP contribution in [0.2, 0.25) is 0 Å². The molecule has 1 aromatic rings. The van der Waals surface area contributed by atoms with Gasteiger partial charge in [0.15, 0.2) is 6.67 Å². The van der Waals surface area contributed by atoms with Crippen molar-refractivity contribution in [2.24, 2.45) is 0 Å². The van der Waals surface area contributed by atoms with Gasteiger partial charge >= 0.3 is 12.1 Å². The Balaban J connectivity index is 3.29. The van der Waals surface area contributed by atoms with Gasteiger partial charge in [-0.15, -0.1) is 6.42 Å². The number of benzene rings is 1. The summed E-state index contributed by atoms with van der Waals surface area (Å²) in [7, 11) is 0. The average molecular weight is 366 g/mol. The molecular formula is C16H16F6N2O. The minimum Gasteiger partial charge on any atom is -0.376 e. The Hall–Kier alpha value is -2.37. The Morgan fingerprint density at radius 2 is 1.80 bits per heavy atom. The summed E-state index contributed by atoms with van der Waals surface area (Å²) in [5.41, 5.74) is -2.84. The van der Waals surface area contributed by atoms with Crippen molar-refractivity contribution in [1.82, 2.24) is 5.32 Å². The van der Waals surface area contributed by atoms with Crippen LogP contribution in [0.4, 0.5) is 32.0 Å².